The fourth-order valence-electron chi connectivity index (χ4n) is 4.13. The lowest BCUT2D eigenvalue weighted by Gasteiger charge is -2.42. The van der Waals surface area contributed by atoms with Crippen LogP contribution >= 0.6 is 15.9 Å². The van der Waals surface area contributed by atoms with Gasteiger partial charge in [0, 0.05) is 48.8 Å². The van der Waals surface area contributed by atoms with Gasteiger partial charge in [-0.15, -0.1) is 0 Å². The summed E-state index contributed by atoms with van der Waals surface area (Å²) in [6.07, 6.45) is 5.66. The second-order valence-electron chi connectivity index (χ2n) is 7.80. The van der Waals surface area contributed by atoms with E-state index < -0.39 is 11.9 Å². The molecule has 3 rings (SSSR count). The van der Waals surface area contributed by atoms with E-state index in [-0.39, 0.29) is 0 Å². The zero-order chi connectivity index (χ0) is 21.4. The SMILES string of the molecule is COc1ccc(Br)cc1CN1CCN(C2CCCC(C)C2)CC1.O=C(O)C(=O)O. The quantitative estimate of drug-likeness (QED) is 0.652. The number of hydrogen-bond donors (Lipinski definition) is 2. The van der Waals surface area contributed by atoms with Gasteiger partial charge in [0.25, 0.3) is 0 Å². The van der Waals surface area contributed by atoms with Crippen LogP contribution in [0, 0.1) is 5.92 Å². The molecular weight excluding hydrogens is 440 g/mol. The molecule has 29 heavy (non-hydrogen) atoms. The third-order valence-corrected chi connectivity index (χ3v) is 6.14. The Labute approximate surface area is 180 Å². The molecule has 2 unspecified atom stereocenters. The maximum atomic E-state index is 9.10. The van der Waals surface area contributed by atoms with Gasteiger partial charge in [-0.05, 0) is 37.0 Å². The first kappa shape index (κ1) is 23.6. The summed E-state index contributed by atoms with van der Waals surface area (Å²) in [5.41, 5.74) is 1.28. The van der Waals surface area contributed by atoms with Crippen molar-refractivity contribution in [2.75, 3.05) is 33.3 Å². The zero-order valence-corrected chi connectivity index (χ0v) is 18.7. The van der Waals surface area contributed by atoms with Crippen LogP contribution in [0.4, 0.5) is 0 Å². The van der Waals surface area contributed by atoms with Crippen LogP contribution in [0.3, 0.4) is 0 Å². The lowest BCUT2D eigenvalue weighted by molar-refractivity contribution is -0.159. The highest BCUT2D eigenvalue weighted by Gasteiger charge is 2.27. The molecule has 7 nitrogen and oxygen atoms in total. The number of benzene rings is 1. The average Bonchev–Trinajstić information content (AvgIpc) is 2.69. The molecule has 0 amide bonds. The molecule has 1 aliphatic carbocycles. The van der Waals surface area contributed by atoms with Gasteiger partial charge in [-0.2, -0.15) is 0 Å². The molecule has 2 atom stereocenters. The minimum Gasteiger partial charge on any atom is -0.496 e. The van der Waals surface area contributed by atoms with Crippen molar-refractivity contribution >= 4 is 27.9 Å². The molecule has 0 spiro atoms. The molecule has 1 aromatic rings. The van der Waals surface area contributed by atoms with Crippen molar-refractivity contribution in [2.24, 2.45) is 5.92 Å². The van der Waals surface area contributed by atoms with E-state index in [4.69, 9.17) is 24.5 Å². The van der Waals surface area contributed by atoms with Gasteiger partial charge in [-0.3, -0.25) is 9.80 Å². The molecule has 1 heterocycles. The first-order valence-electron chi connectivity index (χ1n) is 10.0. The van der Waals surface area contributed by atoms with Gasteiger partial charge < -0.3 is 14.9 Å². The predicted octanol–water partition coefficient (Wildman–Crippen LogP) is 3.31. The lowest BCUT2D eigenvalue weighted by atomic mass is 9.86. The maximum absolute atomic E-state index is 9.10. The Morgan fingerprint density at radius 3 is 2.34 bits per heavy atom. The van der Waals surface area contributed by atoms with E-state index in [1.807, 2.05) is 6.07 Å². The number of hydrogen-bond acceptors (Lipinski definition) is 5. The standard InChI is InChI=1S/C19H29BrN2O.C2H2O4/c1-15-4-3-5-18(12-15)22-10-8-21(9-11-22)14-16-13-17(20)6-7-19(16)23-2;3-1(4)2(5)6/h6-7,13,15,18H,3-5,8-12,14H2,1-2H3;(H,3,4)(H,5,6). The largest absolute Gasteiger partial charge is 0.496 e. The minimum absolute atomic E-state index is 0.835. The van der Waals surface area contributed by atoms with Crippen molar-refractivity contribution in [3.63, 3.8) is 0 Å². The van der Waals surface area contributed by atoms with Crippen molar-refractivity contribution in [1.29, 1.82) is 0 Å². The summed E-state index contributed by atoms with van der Waals surface area (Å²) >= 11 is 3.58. The van der Waals surface area contributed by atoms with E-state index in [0.29, 0.717) is 0 Å². The number of rotatable bonds is 4. The van der Waals surface area contributed by atoms with Gasteiger partial charge in [-0.25, -0.2) is 9.59 Å². The maximum Gasteiger partial charge on any atom is 0.414 e. The number of ether oxygens (including phenoxy) is 1. The molecular formula is C21H31BrN2O5. The molecule has 1 aromatic carbocycles. The highest BCUT2D eigenvalue weighted by molar-refractivity contribution is 9.10. The second kappa shape index (κ2) is 11.5. The number of piperazine rings is 1. The van der Waals surface area contributed by atoms with Crippen molar-refractivity contribution in [3.05, 3.63) is 28.2 Å². The summed E-state index contributed by atoms with van der Waals surface area (Å²) in [7, 11) is 1.76. The van der Waals surface area contributed by atoms with Crippen LogP contribution in [-0.4, -0.2) is 71.3 Å². The van der Waals surface area contributed by atoms with Gasteiger partial charge in [0.15, 0.2) is 0 Å². The summed E-state index contributed by atoms with van der Waals surface area (Å²) < 4.78 is 6.64. The van der Waals surface area contributed by atoms with Gasteiger partial charge in [-0.1, -0.05) is 35.7 Å². The van der Waals surface area contributed by atoms with Crippen molar-refractivity contribution in [2.45, 2.75) is 45.2 Å². The highest BCUT2D eigenvalue weighted by Crippen LogP contribution is 2.29. The second-order valence-corrected chi connectivity index (χ2v) is 8.72. The number of carboxylic acid groups (broad SMARTS) is 2. The Morgan fingerprint density at radius 2 is 1.79 bits per heavy atom. The predicted molar refractivity (Wildman–Crippen MR) is 114 cm³/mol. The first-order chi connectivity index (χ1) is 13.8. The molecule has 2 aliphatic rings. The molecule has 0 aromatic heterocycles. The fourth-order valence-corrected chi connectivity index (χ4v) is 4.54. The van der Waals surface area contributed by atoms with E-state index >= 15 is 0 Å². The van der Waals surface area contributed by atoms with Crippen molar-refractivity contribution in [3.8, 4) is 5.75 Å². The topological polar surface area (TPSA) is 90.3 Å². The summed E-state index contributed by atoms with van der Waals surface area (Å²) in [5, 5.41) is 14.8. The molecule has 1 saturated heterocycles. The number of carboxylic acids is 2. The summed E-state index contributed by atoms with van der Waals surface area (Å²) in [4.78, 5) is 23.5. The van der Waals surface area contributed by atoms with Gasteiger partial charge >= 0.3 is 11.9 Å². The van der Waals surface area contributed by atoms with Crippen LogP contribution in [0.5, 0.6) is 5.75 Å². The fraction of sp³-hybridized carbons (Fsp3) is 0.619. The van der Waals surface area contributed by atoms with Gasteiger partial charge in [0.1, 0.15) is 5.75 Å². The third kappa shape index (κ3) is 7.60. The lowest BCUT2D eigenvalue weighted by Crippen LogP contribution is -2.50. The number of methoxy groups -OCH3 is 1. The first-order valence-corrected chi connectivity index (χ1v) is 10.8. The van der Waals surface area contributed by atoms with E-state index in [1.54, 1.807) is 7.11 Å². The Morgan fingerprint density at radius 1 is 1.14 bits per heavy atom. The number of aliphatic carboxylic acids is 2. The van der Waals surface area contributed by atoms with E-state index in [0.717, 1.165) is 28.7 Å². The molecule has 0 bridgehead atoms. The van der Waals surface area contributed by atoms with Crippen LogP contribution in [0.1, 0.15) is 38.2 Å². The Hall–Kier alpha value is -1.64. The van der Waals surface area contributed by atoms with Crippen molar-refractivity contribution < 1.29 is 24.5 Å². The molecule has 2 fully saturated rings. The minimum atomic E-state index is -1.82. The monoisotopic (exact) mass is 470 g/mol. The van der Waals surface area contributed by atoms with E-state index in [1.165, 1.54) is 57.4 Å². The summed E-state index contributed by atoms with van der Waals surface area (Å²) in [6.45, 7) is 8.17. The number of nitrogens with zero attached hydrogens (tertiary/aromatic N) is 2. The highest BCUT2D eigenvalue weighted by atomic mass is 79.9. The van der Waals surface area contributed by atoms with Crippen LogP contribution < -0.4 is 4.74 Å². The van der Waals surface area contributed by atoms with E-state index in [2.05, 4.69) is 44.8 Å². The van der Waals surface area contributed by atoms with Crippen LogP contribution in [-0.2, 0) is 16.1 Å². The Balaban J connectivity index is 0.000000438. The number of halogens is 1. The molecule has 162 valence electrons. The van der Waals surface area contributed by atoms with Crippen LogP contribution in [0.25, 0.3) is 0 Å². The van der Waals surface area contributed by atoms with Crippen molar-refractivity contribution in [1.82, 2.24) is 9.80 Å². The normalized spacial score (nSPS) is 23.0. The smallest absolute Gasteiger partial charge is 0.414 e. The zero-order valence-electron chi connectivity index (χ0n) is 17.1. The molecule has 8 heteroatoms. The Bertz CT molecular complexity index is 680. The molecule has 1 aliphatic heterocycles. The van der Waals surface area contributed by atoms with Crippen LogP contribution in [0.2, 0.25) is 0 Å². The van der Waals surface area contributed by atoms with Gasteiger partial charge in [0.05, 0.1) is 7.11 Å². The molecule has 0 radical (unpaired) electrons. The summed E-state index contributed by atoms with van der Waals surface area (Å²) in [6, 6.07) is 7.12. The van der Waals surface area contributed by atoms with Crippen LogP contribution in [0.15, 0.2) is 22.7 Å². The molecule has 2 N–H and O–H groups in total. The summed E-state index contributed by atoms with van der Waals surface area (Å²) in [5.74, 6) is -1.74. The Kier molecular flexibility index (Phi) is 9.39. The molecule has 1 saturated carbocycles. The number of carbonyl (C=O) groups is 2. The average molecular weight is 471 g/mol. The van der Waals surface area contributed by atoms with E-state index in [9.17, 15) is 0 Å². The third-order valence-electron chi connectivity index (χ3n) is 5.65. The van der Waals surface area contributed by atoms with Gasteiger partial charge in [0.2, 0.25) is 0 Å².